The zero-order valence-corrected chi connectivity index (χ0v) is 19.6. The Morgan fingerprint density at radius 2 is 0.967 bits per heavy atom. The van der Waals surface area contributed by atoms with E-state index in [-0.39, 0.29) is 11.5 Å². The summed E-state index contributed by atoms with van der Waals surface area (Å²) in [5.41, 5.74) is 7.95. The van der Waals surface area contributed by atoms with Gasteiger partial charge >= 0.3 is 0 Å². The van der Waals surface area contributed by atoms with Gasteiger partial charge in [0, 0.05) is 19.8 Å². The largest absolute Gasteiger partial charge is 0.508 e. The van der Waals surface area contributed by atoms with Crippen LogP contribution < -0.4 is 5.73 Å². The molecule has 170 valence electrons. The topological polar surface area (TPSA) is 69.7 Å². The molecule has 0 amide bonds. The average Bonchev–Trinajstić information content (AvgIpc) is 2.78. The van der Waals surface area contributed by atoms with Gasteiger partial charge in [-0.2, -0.15) is 0 Å². The Labute approximate surface area is 184 Å². The molecule has 4 nitrogen and oxygen atoms in total. The lowest BCUT2D eigenvalue weighted by Crippen LogP contribution is -2.29. The molecule has 4 heteroatoms. The molecule has 0 spiro atoms. The van der Waals surface area contributed by atoms with Gasteiger partial charge in [-0.25, -0.2) is 0 Å². The molecule has 0 aromatic heterocycles. The lowest BCUT2D eigenvalue weighted by atomic mass is 10.1. The summed E-state index contributed by atoms with van der Waals surface area (Å²) >= 11 is 0. The molecule has 0 heterocycles. The lowest BCUT2D eigenvalue weighted by molar-refractivity contribution is 0.264. The highest BCUT2D eigenvalue weighted by Crippen LogP contribution is 2.15. The summed E-state index contributed by atoms with van der Waals surface area (Å²) in [7, 11) is 0. The fourth-order valence-electron chi connectivity index (χ4n) is 2.93. The van der Waals surface area contributed by atoms with Gasteiger partial charge in [0.15, 0.2) is 0 Å². The standard InChI is InChI=1S/C15H18N2O2.C9H20.C2H6/c16-11-17(9-12-1-5-14(18)6-2-12)10-13-3-7-15(19)8-4-13;1-3-5-7-9-8-6-4-2;1-2/h1-8,18-19H,9-11,16H2;3-9H2,1-2H3;1-2H3. The number of nitrogens with zero attached hydrogens (tertiary/aromatic N) is 1. The molecule has 0 atom stereocenters. The molecule has 0 aliphatic rings. The molecule has 0 aliphatic heterocycles. The van der Waals surface area contributed by atoms with Crippen molar-refractivity contribution in [2.24, 2.45) is 5.73 Å². The van der Waals surface area contributed by atoms with Crippen LogP contribution in [0.4, 0.5) is 0 Å². The van der Waals surface area contributed by atoms with Crippen LogP contribution in [0.1, 0.15) is 83.8 Å². The van der Waals surface area contributed by atoms with Gasteiger partial charge in [-0.1, -0.05) is 96.9 Å². The van der Waals surface area contributed by atoms with E-state index in [1.54, 1.807) is 24.3 Å². The minimum Gasteiger partial charge on any atom is -0.508 e. The third-order valence-corrected chi connectivity index (χ3v) is 4.65. The minimum absolute atomic E-state index is 0.265. The number of phenolic OH excluding ortho intramolecular Hbond substituents is 2. The summed E-state index contributed by atoms with van der Waals surface area (Å²) in [5.74, 6) is 0.531. The second-order valence-corrected chi connectivity index (χ2v) is 7.27. The van der Waals surface area contributed by atoms with Crippen molar-refractivity contribution in [2.75, 3.05) is 6.67 Å². The predicted molar refractivity (Wildman–Crippen MR) is 130 cm³/mol. The molecular weight excluding hydrogens is 372 g/mol. The number of rotatable bonds is 11. The van der Waals surface area contributed by atoms with Crippen molar-refractivity contribution in [3.8, 4) is 11.5 Å². The van der Waals surface area contributed by atoms with E-state index >= 15 is 0 Å². The number of phenols is 2. The van der Waals surface area contributed by atoms with E-state index < -0.39 is 0 Å². The molecule has 0 saturated carbocycles. The summed E-state index contributed by atoms with van der Waals surface area (Å²) in [5, 5.41) is 18.5. The van der Waals surface area contributed by atoms with Crippen LogP contribution in [0.5, 0.6) is 11.5 Å². The van der Waals surface area contributed by atoms with Crippen molar-refractivity contribution in [2.45, 2.75) is 85.7 Å². The van der Waals surface area contributed by atoms with Crippen molar-refractivity contribution in [1.82, 2.24) is 4.90 Å². The monoisotopic (exact) mass is 416 g/mol. The zero-order valence-electron chi connectivity index (χ0n) is 19.6. The molecule has 0 aliphatic carbocycles. The first-order chi connectivity index (χ1) is 14.6. The van der Waals surface area contributed by atoms with Crippen molar-refractivity contribution in [1.29, 1.82) is 0 Å². The maximum Gasteiger partial charge on any atom is 0.115 e. The summed E-state index contributed by atoms with van der Waals surface area (Å²) in [6.45, 7) is 10.4. The lowest BCUT2D eigenvalue weighted by Gasteiger charge is -2.20. The zero-order chi connectivity index (χ0) is 22.6. The fourth-order valence-corrected chi connectivity index (χ4v) is 2.93. The quantitative estimate of drug-likeness (QED) is 0.278. The normalized spacial score (nSPS) is 10.1. The fraction of sp³-hybridized carbons (Fsp3) is 0.538. The number of benzene rings is 2. The van der Waals surface area contributed by atoms with E-state index in [1.165, 1.54) is 44.9 Å². The predicted octanol–water partition coefficient (Wildman–Crippen LogP) is 6.80. The first kappa shape index (κ1) is 28.0. The molecule has 0 unspecified atom stereocenters. The third kappa shape index (κ3) is 14.0. The molecule has 0 saturated heterocycles. The van der Waals surface area contributed by atoms with E-state index in [0.717, 1.165) is 24.2 Å². The van der Waals surface area contributed by atoms with Crippen LogP contribution in [0.2, 0.25) is 0 Å². The van der Waals surface area contributed by atoms with Gasteiger partial charge in [0.1, 0.15) is 11.5 Å². The Balaban J connectivity index is 0.000000648. The number of hydrogen-bond donors (Lipinski definition) is 3. The van der Waals surface area contributed by atoms with E-state index in [1.807, 2.05) is 38.1 Å². The molecule has 0 fully saturated rings. The summed E-state index contributed by atoms with van der Waals surface area (Å²) in [6, 6.07) is 14.2. The molecule has 2 rings (SSSR count). The van der Waals surface area contributed by atoms with Gasteiger partial charge in [-0.05, 0) is 35.4 Å². The van der Waals surface area contributed by atoms with E-state index in [4.69, 9.17) is 5.73 Å². The molecule has 0 radical (unpaired) electrons. The smallest absolute Gasteiger partial charge is 0.115 e. The summed E-state index contributed by atoms with van der Waals surface area (Å²) < 4.78 is 0. The second-order valence-electron chi connectivity index (χ2n) is 7.27. The van der Waals surface area contributed by atoms with Crippen LogP contribution in [0, 0.1) is 0 Å². The van der Waals surface area contributed by atoms with E-state index in [0.29, 0.717) is 6.67 Å². The van der Waals surface area contributed by atoms with Gasteiger partial charge in [-0.3, -0.25) is 4.90 Å². The molecule has 30 heavy (non-hydrogen) atoms. The summed E-state index contributed by atoms with van der Waals surface area (Å²) in [4.78, 5) is 2.08. The molecule has 0 bridgehead atoms. The molecule has 2 aromatic rings. The van der Waals surface area contributed by atoms with E-state index in [2.05, 4.69) is 18.7 Å². The number of hydrogen-bond acceptors (Lipinski definition) is 4. The first-order valence-electron chi connectivity index (χ1n) is 11.6. The van der Waals surface area contributed by atoms with Crippen LogP contribution in [0.25, 0.3) is 0 Å². The van der Waals surface area contributed by atoms with Crippen LogP contribution >= 0.6 is 0 Å². The Morgan fingerprint density at radius 3 is 1.27 bits per heavy atom. The minimum atomic E-state index is 0.265. The van der Waals surface area contributed by atoms with Gasteiger partial charge in [-0.15, -0.1) is 0 Å². The number of unbranched alkanes of at least 4 members (excludes halogenated alkanes) is 6. The Bertz CT molecular complexity index is 558. The van der Waals surface area contributed by atoms with Crippen molar-refractivity contribution >= 4 is 0 Å². The highest BCUT2D eigenvalue weighted by atomic mass is 16.3. The van der Waals surface area contributed by atoms with Crippen LogP contribution in [0.3, 0.4) is 0 Å². The Morgan fingerprint density at radius 1 is 0.633 bits per heavy atom. The van der Waals surface area contributed by atoms with Crippen LogP contribution in [0.15, 0.2) is 48.5 Å². The molecule has 4 N–H and O–H groups in total. The Hall–Kier alpha value is -2.04. The van der Waals surface area contributed by atoms with Crippen molar-refractivity contribution in [3.63, 3.8) is 0 Å². The van der Waals surface area contributed by atoms with Crippen LogP contribution in [-0.2, 0) is 13.1 Å². The Kier molecular flexibility index (Phi) is 17.7. The average molecular weight is 417 g/mol. The SMILES string of the molecule is CC.CCCCCCCCC.NCN(Cc1ccc(O)cc1)Cc1ccc(O)cc1. The molecular formula is C26H44N2O2. The highest BCUT2D eigenvalue weighted by Gasteiger charge is 2.05. The number of nitrogens with two attached hydrogens (primary N) is 1. The van der Waals surface area contributed by atoms with Gasteiger partial charge < -0.3 is 15.9 Å². The number of aromatic hydroxyl groups is 2. The van der Waals surface area contributed by atoms with Crippen molar-refractivity contribution in [3.05, 3.63) is 59.7 Å². The summed E-state index contributed by atoms with van der Waals surface area (Å²) in [6.07, 6.45) is 9.97. The van der Waals surface area contributed by atoms with Crippen LogP contribution in [-0.4, -0.2) is 21.8 Å². The van der Waals surface area contributed by atoms with Crippen molar-refractivity contribution < 1.29 is 10.2 Å². The van der Waals surface area contributed by atoms with Gasteiger partial charge in [0.25, 0.3) is 0 Å². The maximum absolute atomic E-state index is 9.25. The molecule has 2 aromatic carbocycles. The van der Waals surface area contributed by atoms with E-state index in [9.17, 15) is 10.2 Å². The van der Waals surface area contributed by atoms with Gasteiger partial charge in [0.2, 0.25) is 0 Å². The van der Waals surface area contributed by atoms with Gasteiger partial charge in [0.05, 0.1) is 0 Å². The highest BCUT2D eigenvalue weighted by molar-refractivity contribution is 5.27. The third-order valence-electron chi connectivity index (χ3n) is 4.65. The second kappa shape index (κ2) is 19.0. The first-order valence-corrected chi connectivity index (χ1v) is 11.6. The maximum atomic E-state index is 9.25.